The molecule has 1 atom stereocenters. The fraction of sp³-hybridized carbons (Fsp3) is 0.476. The molecule has 30 heavy (non-hydrogen) atoms. The van der Waals surface area contributed by atoms with E-state index in [4.69, 9.17) is 4.84 Å². The van der Waals surface area contributed by atoms with Gasteiger partial charge in [0.1, 0.15) is 11.6 Å². The summed E-state index contributed by atoms with van der Waals surface area (Å²) in [6.07, 6.45) is 1.79. The van der Waals surface area contributed by atoms with Crippen molar-refractivity contribution >= 4 is 29.6 Å². The Kier molecular flexibility index (Phi) is 4.93. The van der Waals surface area contributed by atoms with Crippen LogP contribution in [-0.2, 0) is 19.2 Å². The summed E-state index contributed by atoms with van der Waals surface area (Å²) < 4.78 is 0. The van der Waals surface area contributed by atoms with Crippen molar-refractivity contribution in [1.29, 1.82) is 0 Å². The molecule has 0 spiro atoms. The monoisotopic (exact) mass is 413 g/mol. The largest absolute Gasteiger partial charge is 0.352 e. The molecule has 2 saturated heterocycles. The van der Waals surface area contributed by atoms with Crippen molar-refractivity contribution in [1.82, 2.24) is 14.9 Å². The van der Waals surface area contributed by atoms with Gasteiger partial charge in [0.25, 0.3) is 23.6 Å². The minimum Gasteiger partial charge on any atom is -0.328 e. The van der Waals surface area contributed by atoms with Crippen molar-refractivity contribution in [3.8, 4) is 0 Å². The first-order valence-corrected chi connectivity index (χ1v) is 10.0. The zero-order chi connectivity index (χ0) is 21.6. The van der Waals surface area contributed by atoms with Crippen LogP contribution in [0.2, 0.25) is 0 Å². The van der Waals surface area contributed by atoms with E-state index in [0.717, 1.165) is 30.8 Å². The number of rotatable bonds is 4. The van der Waals surface area contributed by atoms with Gasteiger partial charge in [0.2, 0.25) is 0 Å². The van der Waals surface area contributed by atoms with Crippen molar-refractivity contribution < 1.29 is 28.8 Å². The van der Waals surface area contributed by atoms with E-state index < -0.39 is 41.2 Å². The molecule has 0 saturated carbocycles. The summed E-state index contributed by atoms with van der Waals surface area (Å²) in [6, 6.07) is 5.11. The van der Waals surface area contributed by atoms with Crippen LogP contribution in [-0.4, -0.2) is 69.1 Å². The highest BCUT2D eigenvalue weighted by Gasteiger charge is 2.49. The van der Waals surface area contributed by atoms with E-state index >= 15 is 0 Å². The minimum absolute atomic E-state index is 0.00724. The molecule has 4 amide bonds. The van der Waals surface area contributed by atoms with E-state index in [2.05, 4.69) is 0 Å². The van der Waals surface area contributed by atoms with Crippen LogP contribution in [0.25, 0.3) is 0 Å². The Labute approximate surface area is 173 Å². The summed E-state index contributed by atoms with van der Waals surface area (Å²) >= 11 is 0. The van der Waals surface area contributed by atoms with Crippen molar-refractivity contribution in [2.75, 3.05) is 13.1 Å². The summed E-state index contributed by atoms with van der Waals surface area (Å²) in [5.74, 6) is -3.46. The lowest BCUT2D eigenvalue weighted by Crippen LogP contribution is -2.58. The predicted molar refractivity (Wildman–Crippen MR) is 103 cm³/mol. The third kappa shape index (κ3) is 3.09. The second-order valence-electron chi connectivity index (χ2n) is 8.24. The Morgan fingerprint density at radius 1 is 1.00 bits per heavy atom. The van der Waals surface area contributed by atoms with E-state index in [-0.39, 0.29) is 24.0 Å². The van der Waals surface area contributed by atoms with Crippen LogP contribution in [0.5, 0.6) is 0 Å². The van der Waals surface area contributed by atoms with E-state index in [1.165, 1.54) is 12.1 Å². The molecule has 0 aliphatic carbocycles. The van der Waals surface area contributed by atoms with Crippen LogP contribution in [0.1, 0.15) is 60.2 Å². The molecular formula is C21H23N3O6. The van der Waals surface area contributed by atoms with Crippen molar-refractivity contribution in [3.63, 3.8) is 0 Å². The number of hydrogen-bond donors (Lipinski definition) is 0. The van der Waals surface area contributed by atoms with Crippen LogP contribution in [0.3, 0.4) is 0 Å². The number of likely N-dealkylation sites (tertiary alicyclic amines) is 1. The van der Waals surface area contributed by atoms with E-state index in [1.807, 2.05) is 4.90 Å². The summed E-state index contributed by atoms with van der Waals surface area (Å²) in [7, 11) is 0. The maximum Gasteiger partial charge on any atom is 0.352 e. The highest BCUT2D eigenvalue weighted by Crippen LogP contribution is 2.30. The zero-order valence-corrected chi connectivity index (χ0v) is 16.9. The molecule has 1 aromatic rings. The number of carbonyl (C=O) groups excluding carboxylic acids is 5. The Bertz CT molecular complexity index is 915. The topological polar surface area (TPSA) is 104 Å². The average molecular weight is 413 g/mol. The van der Waals surface area contributed by atoms with E-state index in [1.54, 1.807) is 26.0 Å². The Morgan fingerprint density at radius 3 is 2.13 bits per heavy atom. The van der Waals surface area contributed by atoms with Crippen molar-refractivity contribution in [3.05, 3.63) is 35.4 Å². The van der Waals surface area contributed by atoms with Gasteiger partial charge < -0.3 is 4.84 Å². The lowest BCUT2D eigenvalue weighted by molar-refractivity contribution is -0.214. The number of amides is 4. The molecule has 3 aliphatic rings. The number of hydrogen-bond acceptors (Lipinski definition) is 7. The molecule has 158 valence electrons. The highest BCUT2D eigenvalue weighted by atomic mass is 16.7. The Morgan fingerprint density at radius 2 is 1.57 bits per heavy atom. The van der Waals surface area contributed by atoms with Crippen LogP contribution in [0.4, 0.5) is 0 Å². The van der Waals surface area contributed by atoms with Gasteiger partial charge in [-0.05, 0) is 58.3 Å². The second-order valence-corrected chi connectivity index (χ2v) is 8.24. The van der Waals surface area contributed by atoms with Gasteiger partial charge in [-0.3, -0.25) is 29.0 Å². The second kappa shape index (κ2) is 7.32. The maximum absolute atomic E-state index is 13.0. The molecule has 4 rings (SSSR count). The quantitative estimate of drug-likeness (QED) is 0.682. The number of imide groups is 2. The zero-order valence-electron chi connectivity index (χ0n) is 16.9. The lowest BCUT2D eigenvalue weighted by atomic mass is 10.0. The first kappa shape index (κ1) is 20.2. The molecular weight excluding hydrogens is 390 g/mol. The normalized spacial score (nSPS) is 22.7. The number of carbonyl (C=O) groups is 5. The first-order valence-electron chi connectivity index (χ1n) is 10.0. The van der Waals surface area contributed by atoms with Gasteiger partial charge in [-0.2, -0.15) is 0 Å². The predicted octanol–water partition coefficient (Wildman–Crippen LogP) is 1.13. The molecule has 1 aromatic carbocycles. The summed E-state index contributed by atoms with van der Waals surface area (Å²) in [4.78, 5) is 71.7. The molecule has 9 nitrogen and oxygen atoms in total. The summed E-state index contributed by atoms with van der Waals surface area (Å²) in [6.45, 7) is 4.81. The molecule has 0 aromatic heterocycles. The minimum atomic E-state index is -1.20. The van der Waals surface area contributed by atoms with Gasteiger partial charge in [0, 0.05) is 6.42 Å². The van der Waals surface area contributed by atoms with Crippen molar-refractivity contribution in [2.24, 2.45) is 0 Å². The first-order chi connectivity index (χ1) is 14.2. The average Bonchev–Trinajstić information content (AvgIpc) is 3.35. The molecule has 0 bridgehead atoms. The number of hydroxylamine groups is 2. The van der Waals surface area contributed by atoms with Crippen LogP contribution < -0.4 is 0 Å². The number of piperidine rings is 1. The molecule has 2 fully saturated rings. The third-order valence-corrected chi connectivity index (χ3v) is 6.05. The molecule has 3 heterocycles. The van der Waals surface area contributed by atoms with Gasteiger partial charge in [-0.25, -0.2) is 4.79 Å². The van der Waals surface area contributed by atoms with Gasteiger partial charge in [0.05, 0.1) is 11.1 Å². The fourth-order valence-electron chi connectivity index (χ4n) is 4.17. The van der Waals surface area contributed by atoms with Gasteiger partial charge in [0.15, 0.2) is 0 Å². The smallest absolute Gasteiger partial charge is 0.328 e. The van der Waals surface area contributed by atoms with E-state index in [0.29, 0.717) is 5.06 Å². The molecule has 0 radical (unpaired) electrons. The van der Waals surface area contributed by atoms with Gasteiger partial charge >= 0.3 is 5.97 Å². The Balaban J connectivity index is 1.54. The SMILES string of the molecule is CC(C)(C(=O)ON1C(=O)CCC(N2C(=O)c3ccccc3C2=O)C1=O)N1CCCC1. The van der Waals surface area contributed by atoms with Crippen LogP contribution >= 0.6 is 0 Å². The number of nitrogens with zero attached hydrogens (tertiary/aromatic N) is 3. The highest BCUT2D eigenvalue weighted by molar-refractivity contribution is 6.23. The summed E-state index contributed by atoms with van der Waals surface area (Å²) in [5, 5.41) is 0.428. The van der Waals surface area contributed by atoms with Crippen LogP contribution in [0, 0.1) is 0 Å². The van der Waals surface area contributed by atoms with Crippen LogP contribution in [0.15, 0.2) is 24.3 Å². The van der Waals surface area contributed by atoms with Gasteiger partial charge in [-0.1, -0.05) is 12.1 Å². The fourth-order valence-corrected chi connectivity index (χ4v) is 4.17. The third-order valence-electron chi connectivity index (χ3n) is 6.05. The van der Waals surface area contributed by atoms with E-state index in [9.17, 15) is 24.0 Å². The summed E-state index contributed by atoms with van der Waals surface area (Å²) in [5.41, 5.74) is -0.587. The number of benzene rings is 1. The maximum atomic E-state index is 13.0. The number of fused-ring (bicyclic) bond motifs is 1. The van der Waals surface area contributed by atoms with Gasteiger partial charge in [-0.15, -0.1) is 5.06 Å². The van der Waals surface area contributed by atoms with Crippen molar-refractivity contribution in [2.45, 2.75) is 51.1 Å². The molecule has 3 aliphatic heterocycles. The standard InChI is InChI=1S/C21H23N3O6/c1-21(2,22-11-5-6-12-22)20(29)30-24-16(25)10-9-15(19(24)28)23-17(26)13-7-3-4-8-14(13)18(23)27/h3-4,7-8,15H,5-6,9-12H2,1-2H3. The molecule has 9 heteroatoms. The lowest BCUT2D eigenvalue weighted by Gasteiger charge is -2.36. The Hall–Kier alpha value is -3.07. The molecule has 0 N–H and O–H groups in total. The molecule has 1 unspecified atom stereocenters.